The molecule has 1 aromatic heterocycles. The van der Waals surface area contributed by atoms with Crippen LogP contribution >= 0.6 is 15.9 Å². The van der Waals surface area contributed by atoms with Gasteiger partial charge in [-0.2, -0.15) is 0 Å². The third kappa shape index (κ3) is 2.81. The first kappa shape index (κ1) is 13.2. The molecule has 0 fully saturated rings. The van der Waals surface area contributed by atoms with Gasteiger partial charge in [0, 0.05) is 21.2 Å². The Labute approximate surface area is 170 Å². The fraction of sp³-hybridized carbons (Fsp3) is 0. The molecule has 0 saturated carbocycles. The number of anilines is 3. The van der Waals surface area contributed by atoms with Crippen molar-refractivity contribution in [2.24, 2.45) is 0 Å². The number of halogens is 1. The summed E-state index contributed by atoms with van der Waals surface area (Å²) >= 11 is 3.52. The van der Waals surface area contributed by atoms with Crippen LogP contribution in [0.15, 0.2) is 106 Å². The van der Waals surface area contributed by atoms with E-state index in [0.717, 1.165) is 21.2 Å². The maximum Gasteiger partial charge on any atom is 0.137 e. The van der Waals surface area contributed by atoms with Crippen LogP contribution in [0.3, 0.4) is 0 Å². The van der Waals surface area contributed by atoms with Crippen molar-refractivity contribution < 1.29 is 8.53 Å². The summed E-state index contributed by atoms with van der Waals surface area (Å²) in [7, 11) is 0. The standard InChI is InChI=1S/C24H16BrNO/c25-17-14-15-22-20(16-17)24-21(12-7-13-23(24)27-22)26(18-8-3-1-4-9-18)19-10-5-2-6-11-19/h1-16H/i7D,12D,13D. The van der Waals surface area contributed by atoms with Gasteiger partial charge in [0.05, 0.1) is 15.2 Å². The molecular weight excluding hydrogens is 398 g/mol. The van der Waals surface area contributed by atoms with Crippen molar-refractivity contribution in [3.8, 4) is 0 Å². The fourth-order valence-corrected chi connectivity index (χ4v) is 3.69. The normalized spacial score (nSPS) is 12.7. The highest BCUT2D eigenvalue weighted by Crippen LogP contribution is 2.42. The predicted octanol–water partition coefficient (Wildman–Crippen LogP) is 7.82. The fourth-order valence-electron chi connectivity index (χ4n) is 3.33. The van der Waals surface area contributed by atoms with E-state index in [2.05, 4.69) is 15.9 Å². The van der Waals surface area contributed by atoms with Gasteiger partial charge in [0.15, 0.2) is 0 Å². The van der Waals surface area contributed by atoms with Crippen LogP contribution in [0, 0.1) is 0 Å². The zero-order valence-electron chi connectivity index (χ0n) is 17.2. The van der Waals surface area contributed by atoms with E-state index in [-0.39, 0.29) is 18.1 Å². The molecule has 0 amide bonds. The minimum Gasteiger partial charge on any atom is -0.456 e. The Hall–Kier alpha value is -3.04. The summed E-state index contributed by atoms with van der Waals surface area (Å²) in [5, 5.41) is 1.46. The molecule has 4 aromatic carbocycles. The average Bonchev–Trinajstić information content (AvgIpc) is 3.15. The lowest BCUT2D eigenvalue weighted by Crippen LogP contribution is -2.09. The molecule has 5 aromatic rings. The average molecular weight is 417 g/mol. The maximum absolute atomic E-state index is 8.81. The second-order valence-corrected chi connectivity index (χ2v) is 7.09. The monoisotopic (exact) mass is 416 g/mol. The number of hydrogen-bond acceptors (Lipinski definition) is 2. The van der Waals surface area contributed by atoms with Gasteiger partial charge >= 0.3 is 0 Å². The molecule has 130 valence electrons. The van der Waals surface area contributed by atoms with Gasteiger partial charge in [0.1, 0.15) is 11.2 Å². The van der Waals surface area contributed by atoms with Gasteiger partial charge in [-0.3, -0.25) is 0 Å². The van der Waals surface area contributed by atoms with Crippen molar-refractivity contribution in [3.63, 3.8) is 0 Å². The molecule has 0 unspecified atom stereocenters. The molecule has 0 aliphatic rings. The number of nitrogens with zero attached hydrogens (tertiary/aromatic N) is 1. The summed E-state index contributed by atoms with van der Waals surface area (Å²) in [4.78, 5) is 1.96. The van der Waals surface area contributed by atoms with Gasteiger partial charge < -0.3 is 9.32 Å². The van der Waals surface area contributed by atoms with Crippen molar-refractivity contribution in [3.05, 3.63) is 101 Å². The number of fused-ring (bicyclic) bond motifs is 3. The van der Waals surface area contributed by atoms with Crippen LogP contribution in [0.25, 0.3) is 21.9 Å². The molecule has 0 atom stereocenters. The van der Waals surface area contributed by atoms with Crippen LogP contribution in [0.1, 0.15) is 4.11 Å². The van der Waals surface area contributed by atoms with Crippen molar-refractivity contribution in [1.82, 2.24) is 0 Å². The summed E-state index contributed by atoms with van der Waals surface area (Å²) in [6.45, 7) is 0. The van der Waals surface area contributed by atoms with Crippen LogP contribution < -0.4 is 4.90 Å². The number of benzene rings is 4. The minimum atomic E-state index is -0.160. The van der Waals surface area contributed by atoms with Gasteiger partial charge in [-0.25, -0.2) is 0 Å². The minimum absolute atomic E-state index is 0.0112. The first-order valence-corrected chi connectivity index (χ1v) is 9.37. The van der Waals surface area contributed by atoms with Crippen LogP contribution in [0.5, 0.6) is 0 Å². The van der Waals surface area contributed by atoms with Crippen molar-refractivity contribution in [2.75, 3.05) is 4.90 Å². The van der Waals surface area contributed by atoms with E-state index < -0.39 is 0 Å². The van der Waals surface area contributed by atoms with Gasteiger partial charge in [-0.05, 0) is 54.5 Å². The Morgan fingerprint density at radius 1 is 0.778 bits per heavy atom. The summed E-state index contributed by atoms with van der Waals surface area (Å²) in [6, 6.07) is 24.9. The molecule has 0 bridgehead atoms. The topological polar surface area (TPSA) is 16.4 Å². The molecule has 0 spiro atoms. The Morgan fingerprint density at radius 2 is 1.44 bits per heavy atom. The third-order valence-electron chi connectivity index (χ3n) is 4.50. The largest absolute Gasteiger partial charge is 0.456 e. The first-order valence-electron chi connectivity index (χ1n) is 10.1. The zero-order chi connectivity index (χ0) is 20.8. The second-order valence-electron chi connectivity index (χ2n) is 6.18. The summed E-state index contributed by atoms with van der Waals surface area (Å²) in [5.41, 5.74) is 3.19. The smallest absolute Gasteiger partial charge is 0.137 e. The van der Waals surface area contributed by atoms with E-state index in [4.69, 9.17) is 8.53 Å². The van der Waals surface area contributed by atoms with Crippen LogP contribution in [0.2, 0.25) is 0 Å². The molecule has 0 aliphatic carbocycles. The molecule has 0 radical (unpaired) electrons. The lowest BCUT2D eigenvalue weighted by Gasteiger charge is -2.26. The van der Waals surface area contributed by atoms with E-state index in [1.165, 1.54) is 0 Å². The number of hydrogen-bond donors (Lipinski definition) is 0. The van der Waals surface area contributed by atoms with Gasteiger partial charge in [0.2, 0.25) is 0 Å². The van der Waals surface area contributed by atoms with Gasteiger partial charge in [-0.15, -0.1) is 0 Å². The lowest BCUT2D eigenvalue weighted by atomic mass is 10.1. The SMILES string of the molecule is [2H]c1c([2H])c(N(c2ccccc2)c2ccccc2)c2c(oc3ccc(Br)cc32)c1[2H]. The zero-order valence-corrected chi connectivity index (χ0v) is 15.8. The van der Waals surface area contributed by atoms with E-state index in [1.54, 1.807) is 0 Å². The highest BCUT2D eigenvalue weighted by Gasteiger charge is 2.18. The van der Waals surface area contributed by atoms with Crippen LogP contribution in [0.4, 0.5) is 17.1 Å². The van der Waals surface area contributed by atoms with Crippen LogP contribution in [-0.2, 0) is 0 Å². The van der Waals surface area contributed by atoms with E-state index in [1.807, 2.05) is 83.8 Å². The van der Waals surface area contributed by atoms with E-state index in [0.29, 0.717) is 22.2 Å². The molecular formula is C24H16BrNO. The van der Waals surface area contributed by atoms with Crippen molar-refractivity contribution in [2.45, 2.75) is 0 Å². The number of para-hydroxylation sites is 2. The number of rotatable bonds is 3. The second kappa shape index (κ2) is 6.60. The molecule has 0 saturated heterocycles. The van der Waals surface area contributed by atoms with Crippen molar-refractivity contribution >= 4 is 54.9 Å². The van der Waals surface area contributed by atoms with Crippen molar-refractivity contribution in [1.29, 1.82) is 0 Å². The Bertz CT molecular complexity index is 1340. The molecule has 0 aliphatic heterocycles. The highest BCUT2D eigenvalue weighted by molar-refractivity contribution is 9.10. The van der Waals surface area contributed by atoms with E-state index >= 15 is 0 Å². The molecule has 5 rings (SSSR count). The van der Waals surface area contributed by atoms with Crippen LogP contribution in [-0.4, -0.2) is 0 Å². The Balaban J connectivity index is 1.97. The Kier molecular flexibility index (Phi) is 3.22. The highest BCUT2D eigenvalue weighted by atomic mass is 79.9. The third-order valence-corrected chi connectivity index (χ3v) is 4.99. The van der Waals surface area contributed by atoms with E-state index in [9.17, 15) is 0 Å². The molecule has 2 nitrogen and oxygen atoms in total. The quantitative estimate of drug-likeness (QED) is 0.298. The maximum atomic E-state index is 8.81. The van der Waals surface area contributed by atoms with Gasteiger partial charge in [0.25, 0.3) is 0 Å². The molecule has 3 heteroatoms. The predicted molar refractivity (Wildman–Crippen MR) is 116 cm³/mol. The first-order chi connectivity index (χ1) is 14.6. The molecule has 1 heterocycles. The molecule has 0 N–H and O–H groups in total. The van der Waals surface area contributed by atoms with Gasteiger partial charge in [-0.1, -0.05) is 58.4 Å². The summed E-state index contributed by atoms with van der Waals surface area (Å²) < 4.78 is 32.5. The lowest BCUT2D eigenvalue weighted by molar-refractivity contribution is 0.669. The Morgan fingerprint density at radius 3 is 2.11 bits per heavy atom. The molecule has 27 heavy (non-hydrogen) atoms. The number of furan rings is 1. The summed E-state index contributed by atoms with van der Waals surface area (Å²) in [6.07, 6.45) is 0. The summed E-state index contributed by atoms with van der Waals surface area (Å²) in [5.74, 6) is 0.